The Morgan fingerprint density at radius 1 is 1.08 bits per heavy atom. The molecular weight excluding hydrogens is 520 g/mol. The van der Waals surface area contributed by atoms with Gasteiger partial charge in [-0.3, -0.25) is 4.79 Å². The second-order valence-electron chi connectivity index (χ2n) is 8.72. The number of rotatable bonds is 12. The molecule has 1 atom stereocenters. The number of thiocarbonyl (C=S) groups is 1. The maximum absolute atomic E-state index is 12.7. The summed E-state index contributed by atoms with van der Waals surface area (Å²) in [5.74, 6) is 0.715. The van der Waals surface area contributed by atoms with Gasteiger partial charge in [0.2, 0.25) is 0 Å². The van der Waals surface area contributed by atoms with E-state index in [9.17, 15) is 9.59 Å². The van der Waals surface area contributed by atoms with Crippen LogP contribution in [0.15, 0.2) is 58.8 Å². The molecule has 208 valence electrons. The first-order valence-corrected chi connectivity index (χ1v) is 13.1. The van der Waals surface area contributed by atoms with Crippen molar-refractivity contribution in [2.45, 2.75) is 46.8 Å². The number of esters is 1. The van der Waals surface area contributed by atoms with Gasteiger partial charge in [-0.15, -0.1) is 0 Å². The fraction of sp³-hybridized carbons (Fsp3) is 0.357. The zero-order valence-electron chi connectivity index (χ0n) is 22.7. The predicted octanol–water partition coefficient (Wildman–Crippen LogP) is 3.76. The molecule has 1 aliphatic rings. The molecule has 0 aromatic heterocycles. The number of hydrogen-bond donors (Lipinski definition) is 3. The van der Waals surface area contributed by atoms with Crippen LogP contribution in [0.5, 0.6) is 17.2 Å². The highest BCUT2D eigenvalue weighted by Gasteiger charge is 2.32. The summed E-state index contributed by atoms with van der Waals surface area (Å²) < 4.78 is 22.5. The lowest BCUT2D eigenvalue weighted by molar-refractivity contribution is -0.139. The van der Waals surface area contributed by atoms with Crippen molar-refractivity contribution in [1.82, 2.24) is 16.1 Å². The molecule has 1 heterocycles. The molecule has 2 aromatic carbocycles. The Morgan fingerprint density at radius 3 is 2.56 bits per heavy atom. The van der Waals surface area contributed by atoms with Crippen molar-refractivity contribution in [2.24, 2.45) is 5.10 Å². The number of nitrogens with zero attached hydrogens (tertiary/aromatic N) is 1. The van der Waals surface area contributed by atoms with Gasteiger partial charge in [0.15, 0.2) is 23.2 Å². The van der Waals surface area contributed by atoms with Crippen LogP contribution in [0.1, 0.15) is 51.8 Å². The zero-order chi connectivity index (χ0) is 28.4. The van der Waals surface area contributed by atoms with Crippen molar-refractivity contribution in [3.63, 3.8) is 0 Å². The molecule has 2 aromatic rings. The molecule has 3 rings (SSSR count). The lowest BCUT2D eigenvalue weighted by atomic mass is 9.95. The highest BCUT2D eigenvalue weighted by molar-refractivity contribution is 7.80. The smallest absolute Gasteiger partial charge is 0.338 e. The molecule has 0 aliphatic carbocycles. The van der Waals surface area contributed by atoms with Gasteiger partial charge in [-0.25, -0.2) is 10.2 Å². The minimum absolute atomic E-state index is 0.00657. The molecule has 1 aliphatic heterocycles. The van der Waals surface area contributed by atoms with Gasteiger partial charge in [0, 0.05) is 11.3 Å². The van der Waals surface area contributed by atoms with Crippen molar-refractivity contribution < 1.29 is 28.5 Å². The number of para-hydroxylation sites is 1. The van der Waals surface area contributed by atoms with E-state index in [0.29, 0.717) is 45.8 Å². The molecule has 11 heteroatoms. The molecular formula is C28H34N4O6S. The highest BCUT2D eigenvalue weighted by Crippen LogP contribution is 2.33. The number of carbonyl (C=O) groups is 2. The summed E-state index contributed by atoms with van der Waals surface area (Å²) >= 11 is 5.31. The molecule has 0 fully saturated rings. The lowest BCUT2D eigenvalue weighted by Crippen LogP contribution is -2.45. The van der Waals surface area contributed by atoms with E-state index in [2.05, 4.69) is 21.2 Å². The Morgan fingerprint density at radius 2 is 1.85 bits per heavy atom. The fourth-order valence-electron chi connectivity index (χ4n) is 3.84. The van der Waals surface area contributed by atoms with Crippen LogP contribution in [0.3, 0.4) is 0 Å². The van der Waals surface area contributed by atoms with E-state index in [1.807, 2.05) is 32.9 Å². The second kappa shape index (κ2) is 14.1. The Hall–Kier alpha value is -4.12. The second-order valence-corrected chi connectivity index (χ2v) is 9.12. The van der Waals surface area contributed by atoms with Crippen molar-refractivity contribution in [1.29, 1.82) is 0 Å². The van der Waals surface area contributed by atoms with Crippen LogP contribution in [0.4, 0.5) is 0 Å². The summed E-state index contributed by atoms with van der Waals surface area (Å²) in [7, 11) is 0. The van der Waals surface area contributed by atoms with Crippen LogP contribution in [0, 0.1) is 0 Å². The summed E-state index contributed by atoms with van der Waals surface area (Å²) in [4.78, 5) is 25.2. The maximum atomic E-state index is 12.7. The number of ether oxygens (including phenoxy) is 4. The third-order valence-corrected chi connectivity index (χ3v) is 5.61. The maximum Gasteiger partial charge on any atom is 0.338 e. The van der Waals surface area contributed by atoms with Crippen LogP contribution in [0.25, 0.3) is 0 Å². The monoisotopic (exact) mass is 554 g/mol. The minimum Gasteiger partial charge on any atom is -0.490 e. The first-order valence-electron chi connectivity index (χ1n) is 12.7. The Balaban J connectivity index is 1.68. The zero-order valence-corrected chi connectivity index (χ0v) is 23.5. The van der Waals surface area contributed by atoms with Gasteiger partial charge in [0.1, 0.15) is 5.75 Å². The van der Waals surface area contributed by atoms with Crippen LogP contribution < -0.4 is 30.3 Å². The molecule has 39 heavy (non-hydrogen) atoms. The number of carbonyl (C=O) groups excluding carboxylic acids is 2. The number of benzene rings is 2. The standard InChI is InChI=1S/C28H34N4O6S/c1-6-35-23-14-19(12-13-22(23)38-17(3)4)15-29-32-24(33)16-37-21-11-9-8-10-20(21)26-25(27(34)36-7-2)18(5)30-28(39)31-26/h8-15,17,26H,6-7,16H2,1-5H3,(H,32,33)(H2,30,31,39)/t26-/m1/s1. The highest BCUT2D eigenvalue weighted by atomic mass is 32.1. The third-order valence-electron chi connectivity index (χ3n) is 5.39. The van der Waals surface area contributed by atoms with Crippen molar-refractivity contribution in [2.75, 3.05) is 19.8 Å². The molecule has 1 amide bonds. The first kappa shape index (κ1) is 29.4. The van der Waals surface area contributed by atoms with Crippen molar-refractivity contribution in [3.8, 4) is 17.2 Å². The average molecular weight is 555 g/mol. The quantitative estimate of drug-likeness (QED) is 0.156. The molecule has 3 N–H and O–H groups in total. The summed E-state index contributed by atoms with van der Waals surface area (Å²) in [6.45, 7) is 9.68. The van der Waals surface area contributed by atoms with Gasteiger partial charge in [-0.1, -0.05) is 18.2 Å². The number of nitrogens with one attached hydrogen (secondary N) is 3. The van der Waals surface area contributed by atoms with E-state index in [-0.39, 0.29) is 19.3 Å². The van der Waals surface area contributed by atoms with E-state index < -0.39 is 17.9 Å². The average Bonchev–Trinajstić information content (AvgIpc) is 2.88. The van der Waals surface area contributed by atoms with Gasteiger partial charge in [-0.2, -0.15) is 5.10 Å². The van der Waals surface area contributed by atoms with Gasteiger partial charge < -0.3 is 29.6 Å². The van der Waals surface area contributed by atoms with Gasteiger partial charge in [-0.05, 0) is 76.7 Å². The number of amides is 1. The normalized spacial score (nSPS) is 15.0. The largest absolute Gasteiger partial charge is 0.490 e. The number of allylic oxidation sites excluding steroid dienone is 1. The van der Waals surface area contributed by atoms with Gasteiger partial charge in [0.05, 0.1) is 37.1 Å². The van der Waals surface area contributed by atoms with Gasteiger partial charge in [0.25, 0.3) is 5.91 Å². The molecule has 0 bridgehead atoms. The Bertz CT molecular complexity index is 1260. The van der Waals surface area contributed by atoms with Crippen LogP contribution >= 0.6 is 12.2 Å². The lowest BCUT2D eigenvalue weighted by Gasteiger charge is -2.30. The van der Waals surface area contributed by atoms with Crippen LogP contribution in [-0.2, 0) is 14.3 Å². The SMILES string of the molecule is CCOC(=O)C1=C(C)NC(=S)N[C@@H]1c1ccccc1OCC(=O)NN=Cc1ccc(OC(C)C)c(OCC)c1. The predicted molar refractivity (Wildman–Crippen MR) is 152 cm³/mol. The summed E-state index contributed by atoms with van der Waals surface area (Å²) in [5.41, 5.74) is 4.78. The van der Waals surface area contributed by atoms with Crippen LogP contribution in [-0.4, -0.2) is 49.1 Å². The van der Waals surface area contributed by atoms with Crippen molar-refractivity contribution >= 4 is 35.4 Å². The van der Waals surface area contributed by atoms with E-state index in [1.165, 1.54) is 6.21 Å². The topological polar surface area (TPSA) is 120 Å². The summed E-state index contributed by atoms with van der Waals surface area (Å²) in [5, 5.41) is 10.4. The molecule has 0 spiro atoms. The third kappa shape index (κ3) is 8.18. The van der Waals surface area contributed by atoms with Crippen molar-refractivity contribution in [3.05, 3.63) is 64.9 Å². The first-order chi connectivity index (χ1) is 18.7. The molecule has 0 saturated carbocycles. The van der Waals surface area contributed by atoms with Crippen LogP contribution in [0.2, 0.25) is 0 Å². The van der Waals surface area contributed by atoms with Gasteiger partial charge >= 0.3 is 5.97 Å². The van der Waals surface area contributed by atoms with E-state index >= 15 is 0 Å². The van der Waals surface area contributed by atoms with E-state index in [0.717, 1.165) is 5.56 Å². The fourth-order valence-corrected chi connectivity index (χ4v) is 4.11. The number of hydrogen-bond acceptors (Lipinski definition) is 8. The molecule has 10 nitrogen and oxygen atoms in total. The minimum atomic E-state index is -0.614. The van der Waals surface area contributed by atoms with E-state index in [1.54, 1.807) is 44.2 Å². The van der Waals surface area contributed by atoms with E-state index in [4.69, 9.17) is 31.2 Å². The molecule has 0 saturated heterocycles. The number of hydrazone groups is 1. The Labute approximate surface area is 233 Å². The molecule has 0 unspecified atom stereocenters. The Kier molecular flexibility index (Phi) is 10.7. The molecule has 0 radical (unpaired) electrons. The summed E-state index contributed by atoms with van der Waals surface area (Å²) in [6, 6.07) is 11.9. The summed E-state index contributed by atoms with van der Waals surface area (Å²) in [6.07, 6.45) is 1.51.